The average molecular weight is 443 g/mol. The van der Waals surface area contributed by atoms with Gasteiger partial charge in [0, 0.05) is 30.1 Å². The highest BCUT2D eigenvalue weighted by molar-refractivity contribution is 6.31. The Balaban J connectivity index is 1.68. The Morgan fingerprint density at radius 1 is 1.26 bits per heavy atom. The number of ether oxygens (including phenoxy) is 2. The smallest absolute Gasteiger partial charge is 0.439 e. The summed E-state index contributed by atoms with van der Waals surface area (Å²) < 4.78 is 17.2. The molecule has 0 saturated carbocycles. The number of aryl methyl sites for hydroxylation is 1. The largest absolute Gasteiger partial charge is 0.489 e. The molecule has 0 aliphatic rings. The summed E-state index contributed by atoms with van der Waals surface area (Å²) >= 11 is 6.09. The van der Waals surface area contributed by atoms with Gasteiger partial charge in [-0.3, -0.25) is 14.3 Å². The minimum Gasteiger partial charge on any atom is -0.489 e. The van der Waals surface area contributed by atoms with Crippen LogP contribution in [0.2, 0.25) is 5.02 Å². The molecule has 31 heavy (non-hydrogen) atoms. The van der Waals surface area contributed by atoms with Crippen molar-refractivity contribution in [2.45, 2.75) is 0 Å². The third-order valence-corrected chi connectivity index (χ3v) is 4.96. The summed E-state index contributed by atoms with van der Waals surface area (Å²) in [5, 5.41) is 7.81. The van der Waals surface area contributed by atoms with Gasteiger partial charge in [0.25, 0.3) is 5.91 Å². The molecule has 2 N–H and O–H groups in total. The van der Waals surface area contributed by atoms with Gasteiger partial charge < -0.3 is 19.4 Å². The second-order valence-electron chi connectivity index (χ2n) is 6.71. The molecule has 0 atom stereocenters. The average Bonchev–Trinajstić information content (AvgIpc) is 3.33. The number of aromatic amines is 1. The number of benzene rings is 2. The number of anilines is 1. The number of rotatable bonds is 7. The molecule has 0 radical (unpaired) electrons. The molecule has 1 amide bonds. The molecule has 0 aliphatic carbocycles. The van der Waals surface area contributed by atoms with E-state index in [0.717, 1.165) is 10.9 Å². The molecule has 4 aromatic rings. The number of aromatic nitrogens is 3. The highest BCUT2D eigenvalue weighted by atomic mass is 35.5. The number of carbonyl (C=O) groups is 1. The predicted octanol–water partition coefficient (Wildman–Crippen LogP) is 3.45. The number of fused-ring (bicyclic) bond motifs is 1. The van der Waals surface area contributed by atoms with E-state index in [1.165, 1.54) is 0 Å². The van der Waals surface area contributed by atoms with Gasteiger partial charge in [-0.05, 0) is 30.3 Å². The zero-order valence-corrected chi connectivity index (χ0v) is 17.5. The molecule has 0 saturated heterocycles. The van der Waals surface area contributed by atoms with Crippen molar-refractivity contribution in [3.63, 3.8) is 0 Å². The molecule has 0 bridgehead atoms. The van der Waals surface area contributed by atoms with Gasteiger partial charge in [0.1, 0.15) is 18.1 Å². The molecule has 2 aromatic carbocycles. The fourth-order valence-corrected chi connectivity index (χ4v) is 3.47. The van der Waals surface area contributed by atoms with Gasteiger partial charge >= 0.3 is 5.76 Å². The predicted molar refractivity (Wildman–Crippen MR) is 116 cm³/mol. The van der Waals surface area contributed by atoms with E-state index in [-0.39, 0.29) is 11.7 Å². The number of nitrogens with one attached hydrogen (secondary N) is 2. The van der Waals surface area contributed by atoms with Crippen LogP contribution in [0.3, 0.4) is 0 Å². The van der Waals surface area contributed by atoms with Crippen LogP contribution in [0.1, 0.15) is 10.5 Å². The van der Waals surface area contributed by atoms with Gasteiger partial charge in [-0.15, -0.1) is 0 Å². The van der Waals surface area contributed by atoms with Crippen molar-refractivity contribution < 1.29 is 18.8 Å². The third kappa shape index (κ3) is 4.18. The van der Waals surface area contributed by atoms with E-state index in [4.69, 9.17) is 21.1 Å². The number of hydrogen-bond donors (Lipinski definition) is 2. The second-order valence-corrected chi connectivity index (χ2v) is 7.15. The number of nitrogens with zero attached hydrogens (tertiary/aromatic N) is 2. The summed E-state index contributed by atoms with van der Waals surface area (Å²) in [6, 6.07) is 12.2. The van der Waals surface area contributed by atoms with Crippen molar-refractivity contribution in [2.24, 2.45) is 7.05 Å². The maximum Gasteiger partial charge on any atom is 0.439 e. The highest BCUT2D eigenvalue weighted by Gasteiger charge is 2.19. The Kier molecular flexibility index (Phi) is 5.79. The van der Waals surface area contributed by atoms with E-state index in [1.807, 2.05) is 18.2 Å². The normalized spacial score (nSPS) is 11.1. The number of amides is 1. The first-order valence-electron chi connectivity index (χ1n) is 9.35. The molecule has 10 heteroatoms. The van der Waals surface area contributed by atoms with Crippen LogP contribution in [0.4, 0.5) is 5.69 Å². The minimum absolute atomic E-state index is 0.161. The Bertz CT molecular complexity index is 1310. The summed E-state index contributed by atoms with van der Waals surface area (Å²) in [5.41, 5.74) is 2.06. The van der Waals surface area contributed by atoms with Gasteiger partial charge in [-0.2, -0.15) is 0 Å². The van der Waals surface area contributed by atoms with Crippen molar-refractivity contribution in [1.82, 2.24) is 14.7 Å². The van der Waals surface area contributed by atoms with Gasteiger partial charge in [-0.25, -0.2) is 4.79 Å². The zero-order valence-electron chi connectivity index (χ0n) is 16.8. The summed E-state index contributed by atoms with van der Waals surface area (Å²) in [7, 11) is 3.40. The standard InChI is InChI=1S/C21H19ClN4O5/c1-26-16(10-12-4-3-5-17(18(12)26)30-9-8-29-2)20(27)23-15-7-6-13(22)11-14(15)19-24-21(28)31-25-19/h3-7,10-11H,8-9H2,1-2H3,(H,23,27)(H,24,25,28). The Morgan fingerprint density at radius 3 is 2.84 bits per heavy atom. The van der Waals surface area contributed by atoms with Gasteiger partial charge in [-0.1, -0.05) is 28.9 Å². The first kappa shape index (κ1) is 20.7. The van der Waals surface area contributed by atoms with Crippen molar-refractivity contribution in [2.75, 3.05) is 25.6 Å². The molecule has 0 aliphatic heterocycles. The quantitative estimate of drug-likeness (QED) is 0.424. The number of halogens is 1. The molecule has 4 rings (SSSR count). The van der Waals surface area contributed by atoms with Crippen LogP contribution in [0, 0.1) is 0 Å². The number of carbonyl (C=O) groups excluding carboxylic acids is 1. The van der Waals surface area contributed by atoms with Crippen molar-refractivity contribution in [1.29, 1.82) is 0 Å². The van der Waals surface area contributed by atoms with E-state index in [9.17, 15) is 9.59 Å². The number of para-hydroxylation sites is 1. The van der Waals surface area contributed by atoms with E-state index < -0.39 is 5.76 Å². The van der Waals surface area contributed by atoms with Crippen LogP contribution in [0.25, 0.3) is 22.3 Å². The van der Waals surface area contributed by atoms with Crippen LogP contribution in [0.5, 0.6) is 5.75 Å². The maximum atomic E-state index is 13.1. The van der Waals surface area contributed by atoms with Crippen LogP contribution >= 0.6 is 11.6 Å². The maximum absolute atomic E-state index is 13.1. The summed E-state index contributed by atoms with van der Waals surface area (Å²) in [4.78, 5) is 26.9. The lowest BCUT2D eigenvalue weighted by atomic mass is 10.1. The lowest BCUT2D eigenvalue weighted by Gasteiger charge is -2.11. The molecular formula is C21H19ClN4O5. The summed E-state index contributed by atoms with van der Waals surface area (Å²) in [5.74, 6) is -0.241. The summed E-state index contributed by atoms with van der Waals surface area (Å²) in [6.07, 6.45) is 0. The van der Waals surface area contributed by atoms with Crippen LogP contribution < -0.4 is 15.8 Å². The highest BCUT2D eigenvalue weighted by Crippen LogP contribution is 2.31. The van der Waals surface area contributed by atoms with E-state index in [1.54, 1.807) is 43.0 Å². The third-order valence-electron chi connectivity index (χ3n) is 4.72. The molecule has 2 aromatic heterocycles. The van der Waals surface area contributed by atoms with E-state index in [2.05, 4.69) is 20.0 Å². The topological polar surface area (TPSA) is 111 Å². The van der Waals surface area contributed by atoms with Gasteiger partial charge in [0.05, 0.1) is 17.8 Å². The molecular weight excluding hydrogens is 424 g/mol. The molecule has 2 heterocycles. The van der Waals surface area contributed by atoms with Crippen molar-refractivity contribution in [3.8, 4) is 17.1 Å². The molecule has 0 unspecified atom stereocenters. The summed E-state index contributed by atoms with van der Waals surface area (Å²) in [6.45, 7) is 0.851. The van der Waals surface area contributed by atoms with Crippen molar-refractivity contribution in [3.05, 3.63) is 63.7 Å². The lowest BCUT2D eigenvalue weighted by molar-refractivity contribution is 0.101. The Labute approximate surface area is 181 Å². The molecule has 9 nitrogen and oxygen atoms in total. The number of methoxy groups -OCH3 is 1. The molecule has 0 spiro atoms. The fraction of sp³-hybridized carbons (Fsp3) is 0.190. The van der Waals surface area contributed by atoms with Gasteiger partial charge in [0.15, 0.2) is 5.82 Å². The number of hydrogen-bond acceptors (Lipinski definition) is 6. The fourth-order valence-electron chi connectivity index (χ4n) is 3.30. The zero-order chi connectivity index (χ0) is 22.0. The van der Waals surface area contributed by atoms with Crippen LogP contribution in [-0.2, 0) is 11.8 Å². The minimum atomic E-state index is -0.707. The second kappa shape index (κ2) is 8.66. The SMILES string of the molecule is COCCOc1cccc2cc(C(=O)Nc3ccc(Cl)cc3-c3noc(=O)[nH]3)n(C)c12. The van der Waals surface area contributed by atoms with Crippen molar-refractivity contribution >= 4 is 34.1 Å². The monoisotopic (exact) mass is 442 g/mol. The first-order chi connectivity index (χ1) is 15.0. The first-order valence-corrected chi connectivity index (χ1v) is 9.73. The molecule has 0 fully saturated rings. The van der Waals surface area contributed by atoms with Gasteiger partial charge in [0.2, 0.25) is 0 Å². The van der Waals surface area contributed by atoms with E-state index in [0.29, 0.717) is 40.9 Å². The lowest BCUT2D eigenvalue weighted by Crippen LogP contribution is -2.16. The molecule has 160 valence electrons. The Morgan fingerprint density at radius 2 is 2.10 bits per heavy atom. The van der Waals surface area contributed by atoms with Crippen LogP contribution in [-0.4, -0.2) is 40.9 Å². The van der Waals surface area contributed by atoms with E-state index >= 15 is 0 Å². The van der Waals surface area contributed by atoms with Crippen LogP contribution in [0.15, 0.2) is 51.8 Å². The Hall–Kier alpha value is -3.56. The number of H-pyrrole nitrogens is 1.